The zero-order chi connectivity index (χ0) is 30.1. The van der Waals surface area contributed by atoms with Gasteiger partial charge < -0.3 is 35.7 Å². The molecule has 0 spiro atoms. The Balaban J connectivity index is 1.16. The number of amides is 3. The minimum absolute atomic E-state index is 0.0647. The van der Waals surface area contributed by atoms with Crippen LogP contribution in [0.15, 0.2) is 36.5 Å². The fourth-order valence-corrected chi connectivity index (χ4v) is 5.32. The van der Waals surface area contributed by atoms with E-state index in [0.717, 1.165) is 0 Å². The molecule has 2 fully saturated rings. The van der Waals surface area contributed by atoms with Crippen LogP contribution < -0.4 is 26.0 Å². The molecular weight excluding hydrogens is 574 g/mol. The standard InChI is InChI=1S/C28H29ClF2N6O5/c1-37-21(18-5-6-22(42-2)24(31)23(18)30)12-33-25(37)28(41)34-13-3-4-17(19(29)9-13)26(39)35-14-7-15(8-14)36-27(40)20-10-16(38)11-32-20/h3-6,9,12,14-16,20,32,38H,7-8,10-11H2,1-2H3,(H,34,41)(H,35,39)(H,36,40)/t14-,15+,16-,20?/m1/s1. The second-order valence-electron chi connectivity index (χ2n) is 10.3. The summed E-state index contributed by atoms with van der Waals surface area (Å²) < 4.78 is 34.9. The fraction of sp³-hybridized carbons (Fsp3) is 0.357. The first-order valence-corrected chi connectivity index (χ1v) is 13.6. The molecule has 3 amide bonds. The lowest BCUT2D eigenvalue weighted by molar-refractivity contribution is -0.124. The third kappa shape index (κ3) is 5.94. The Morgan fingerprint density at radius 2 is 1.81 bits per heavy atom. The van der Waals surface area contributed by atoms with E-state index in [9.17, 15) is 28.3 Å². The van der Waals surface area contributed by atoms with Crippen LogP contribution in [0.3, 0.4) is 0 Å². The lowest BCUT2D eigenvalue weighted by Gasteiger charge is -2.36. The van der Waals surface area contributed by atoms with E-state index in [0.29, 0.717) is 31.5 Å². The predicted molar refractivity (Wildman–Crippen MR) is 149 cm³/mol. The van der Waals surface area contributed by atoms with Crippen LogP contribution in [0.2, 0.25) is 5.02 Å². The predicted octanol–water partition coefficient (Wildman–Crippen LogP) is 2.38. The third-order valence-electron chi connectivity index (χ3n) is 7.45. The molecule has 42 heavy (non-hydrogen) atoms. The number of rotatable bonds is 8. The molecule has 14 heteroatoms. The summed E-state index contributed by atoms with van der Waals surface area (Å²) >= 11 is 6.35. The Morgan fingerprint density at radius 3 is 2.48 bits per heavy atom. The minimum Gasteiger partial charge on any atom is -0.494 e. The first-order valence-electron chi connectivity index (χ1n) is 13.2. The number of carbonyl (C=O) groups excluding carboxylic acids is 3. The number of aliphatic hydroxyl groups excluding tert-OH is 1. The number of halogens is 3. The molecule has 0 bridgehead atoms. The van der Waals surface area contributed by atoms with Crippen molar-refractivity contribution in [3.63, 3.8) is 0 Å². The van der Waals surface area contributed by atoms with Crippen molar-refractivity contribution in [2.45, 2.75) is 43.5 Å². The number of aliphatic hydroxyl groups is 1. The molecule has 2 aromatic carbocycles. The summed E-state index contributed by atoms with van der Waals surface area (Å²) in [6, 6.07) is 6.40. The number of nitrogens with zero attached hydrogens (tertiary/aromatic N) is 2. The number of methoxy groups -OCH3 is 1. The lowest BCUT2D eigenvalue weighted by atomic mass is 9.86. The average molecular weight is 603 g/mol. The molecule has 11 nitrogen and oxygen atoms in total. The van der Waals surface area contributed by atoms with Crippen LogP contribution in [0.1, 0.15) is 40.2 Å². The van der Waals surface area contributed by atoms with E-state index in [4.69, 9.17) is 16.3 Å². The van der Waals surface area contributed by atoms with E-state index >= 15 is 0 Å². The summed E-state index contributed by atoms with van der Waals surface area (Å²) in [5.41, 5.74) is 0.593. The normalized spacial score (nSPS) is 21.4. The SMILES string of the molecule is COc1ccc(-c2cnc(C(=O)Nc3ccc(C(=O)N[C@H]4C[C@@H](NC(=O)C5C[C@@H](O)CN5)C4)c(Cl)c3)n2C)c(F)c1F. The third-order valence-corrected chi connectivity index (χ3v) is 7.76. The molecule has 1 unspecified atom stereocenters. The summed E-state index contributed by atoms with van der Waals surface area (Å²) in [4.78, 5) is 42.0. The van der Waals surface area contributed by atoms with Gasteiger partial charge >= 0.3 is 0 Å². The van der Waals surface area contributed by atoms with Crippen LogP contribution in [0.4, 0.5) is 14.5 Å². The van der Waals surface area contributed by atoms with Crippen LogP contribution >= 0.6 is 11.6 Å². The molecule has 222 valence electrons. The van der Waals surface area contributed by atoms with Crippen LogP contribution in [0, 0.1) is 11.6 Å². The number of β-amino-alcohol motifs (C(OH)–C–C–N with tert-alkyl or cyclic N) is 1. The van der Waals surface area contributed by atoms with Gasteiger partial charge in [-0.3, -0.25) is 14.4 Å². The van der Waals surface area contributed by atoms with E-state index < -0.39 is 35.6 Å². The van der Waals surface area contributed by atoms with Gasteiger partial charge in [-0.1, -0.05) is 11.6 Å². The van der Waals surface area contributed by atoms with Crippen LogP contribution in [0.5, 0.6) is 5.75 Å². The van der Waals surface area contributed by atoms with Gasteiger partial charge in [-0.25, -0.2) is 9.37 Å². The lowest BCUT2D eigenvalue weighted by Crippen LogP contribution is -2.56. The summed E-state index contributed by atoms with van der Waals surface area (Å²) in [5, 5.41) is 21.1. The van der Waals surface area contributed by atoms with Crippen molar-refractivity contribution in [2.24, 2.45) is 7.05 Å². The molecule has 2 atom stereocenters. The van der Waals surface area contributed by atoms with Gasteiger partial charge in [0.25, 0.3) is 11.8 Å². The number of ether oxygens (including phenoxy) is 1. The largest absolute Gasteiger partial charge is 0.494 e. The molecular formula is C28H29ClF2N6O5. The van der Waals surface area contributed by atoms with Gasteiger partial charge in [0.05, 0.1) is 41.7 Å². The zero-order valence-electron chi connectivity index (χ0n) is 22.7. The van der Waals surface area contributed by atoms with E-state index in [-0.39, 0.29) is 51.4 Å². The highest BCUT2D eigenvalue weighted by Crippen LogP contribution is 2.30. The maximum absolute atomic E-state index is 14.6. The number of hydrogen-bond acceptors (Lipinski definition) is 7. The van der Waals surface area contributed by atoms with Gasteiger partial charge in [0.15, 0.2) is 17.4 Å². The second-order valence-corrected chi connectivity index (χ2v) is 10.7. The summed E-state index contributed by atoms with van der Waals surface area (Å²) in [6.07, 6.45) is 2.24. The Labute approximate surface area is 244 Å². The monoisotopic (exact) mass is 602 g/mol. The first kappa shape index (κ1) is 29.4. The molecule has 2 heterocycles. The molecule has 2 aliphatic rings. The van der Waals surface area contributed by atoms with Crippen LogP contribution in [-0.2, 0) is 11.8 Å². The topological polar surface area (TPSA) is 147 Å². The summed E-state index contributed by atoms with van der Waals surface area (Å²) in [5.74, 6) is -3.77. The zero-order valence-corrected chi connectivity index (χ0v) is 23.5. The Kier molecular flexibility index (Phi) is 8.43. The van der Waals surface area contributed by atoms with E-state index in [1.54, 1.807) is 0 Å². The quantitative estimate of drug-likeness (QED) is 0.266. The van der Waals surface area contributed by atoms with Crippen molar-refractivity contribution < 1.29 is 33.0 Å². The van der Waals surface area contributed by atoms with Crippen molar-refractivity contribution in [3.8, 4) is 17.0 Å². The van der Waals surface area contributed by atoms with E-state index in [1.165, 1.54) is 55.3 Å². The number of benzene rings is 2. The van der Waals surface area contributed by atoms with Crippen molar-refractivity contribution in [1.82, 2.24) is 25.5 Å². The maximum atomic E-state index is 14.6. The molecule has 0 radical (unpaired) electrons. The number of hydrogen-bond donors (Lipinski definition) is 5. The average Bonchev–Trinajstić information content (AvgIpc) is 3.54. The number of carbonyl (C=O) groups is 3. The molecule has 1 saturated carbocycles. The van der Waals surface area contributed by atoms with Gasteiger partial charge in [0, 0.05) is 36.9 Å². The van der Waals surface area contributed by atoms with E-state index in [1.807, 2.05) is 0 Å². The Hall–Kier alpha value is -4.07. The van der Waals surface area contributed by atoms with Crippen molar-refractivity contribution in [1.29, 1.82) is 0 Å². The summed E-state index contributed by atoms with van der Waals surface area (Å²) in [6.45, 7) is 0.392. The molecule has 1 aromatic heterocycles. The smallest absolute Gasteiger partial charge is 0.291 e. The molecule has 5 N–H and O–H groups in total. The van der Waals surface area contributed by atoms with Crippen LogP contribution in [0.25, 0.3) is 11.3 Å². The number of aromatic nitrogens is 2. The molecule has 1 aliphatic carbocycles. The molecule has 3 aromatic rings. The first-order chi connectivity index (χ1) is 20.0. The van der Waals surface area contributed by atoms with Crippen LogP contribution in [-0.4, -0.2) is 70.3 Å². The highest BCUT2D eigenvalue weighted by molar-refractivity contribution is 6.34. The van der Waals surface area contributed by atoms with Gasteiger partial charge in [-0.05, 0) is 49.6 Å². The van der Waals surface area contributed by atoms with E-state index in [2.05, 4.69) is 26.3 Å². The van der Waals surface area contributed by atoms with Gasteiger partial charge in [-0.2, -0.15) is 4.39 Å². The van der Waals surface area contributed by atoms with Gasteiger partial charge in [0.2, 0.25) is 11.7 Å². The van der Waals surface area contributed by atoms with Gasteiger partial charge in [0.1, 0.15) is 0 Å². The maximum Gasteiger partial charge on any atom is 0.291 e. The van der Waals surface area contributed by atoms with Gasteiger partial charge in [-0.15, -0.1) is 0 Å². The highest BCUT2D eigenvalue weighted by Gasteiger charge is 2.35. The fourth-order valence-electron chi connectivity index (χ4n) is 5.06. The number of anilines is 1. The number of imidazole rings is 1. The Bertz CT molecular complexity index is 1540. The Morgan fingerprint density at radius 1 is 1.07 bits per heavy atom. The minimum atomic E-state index is -1.15. The molecule has 5 rings (SSSR count). The summed E-state index contributed by atoms with van der Waals surface area (Å²) in [7, 11) is 2.72. The van der Waals surface area contributed by atoms with Crippen molar-refractivity contribution in [2.75, 3.05) is 19.0 Å². The molecule has 1 saturated heterocycles. The second kappa shape index (κ2) is 12.0. The molecule has 1 aliphatic heterocycles. The highest BCUT2D eigenvalue weighted by atomic mass is 35.5. The van der Waals surface area contributed by atoms with Crippen molar-refractivity contribution in [3.05, 3.63) is 64.6 Å². The van der Waals surface area contributed by atoms with Crippen molar-refractivity contribution >= 4 is 35.0 Å². The number of nitrogens with one attached hydrogen (secondary N) is 4.